The molecule has 0 rings (SSSR count). The quantitative estimate of drug-likeness (QED) is 0.533. The first-order chi connectivity index (χ1) is 4.54. The highest BCUT2D eigenvalue weighted by Gasteiger charge is 1.81. The maximum atomic E-state index is 9.47. The zero-order valence-corrected chi connectivity index (χ0v) is 5.54. The van der Waals surface area contributed by atoms with E-state index in [0.717, 1.165) is 6.08 Å². The lowest BCUT2D eigenvalue weighted by molar-refractivity contribution is -0.136. The molecule has 3 N–H and O–H groups in total. The molecule has 0 bridgehead atoms. The van der Waals surface area contributed by atoms with Crippen molar-refractivity contribution in [3.63, 3.8) is 0 Å². The van der Waals surface area contributed by atoms with E-state index in [2.05, 4.69) is 19.2 Å². The van der Waals surface area contributed by atoms with E-state index in [1.165, 1.54) is 0 Å². The van der Waals surface area contributed by atoms with Gasteiger partial charge in [-0.1, -0.05) is 6.58 Å². The maximum Gasteiger partial charge on any atom is 0.303 e. The molecule has 0 aromatic carbocycles. The molecule has 0 unspecified atom stereocenters. The molecule has 4 heteroatoms. The Bertz CT molecular complexity index is 131. The number of carbonyl (C=O) groups excluding carboxylic acids is 1. The number of hydrogen-bond acceptors (Lipinski definition) is 2. The Balaban J connectivity index is 0. The molecule has 0 heterocycles. The summed E-state index contributed by atoms with van der Waals surface area (Å²) in [5.41, 5.74) is 4.53. The highest BCUT2D eigenvalue weighted by atomic mass is 16.4. The molecule has 0 fully saturated rings. The summed E-state index contributed by atoms with van der Waals surface area (Å²) in [5.74, 6) is -1.34. The van der Waals surface area contributed by atoms with Gasteiger partial charge in [0.1, 0.15) is 0 Å². The van der Waals surface area contributed by atoms with Crippen molar-refractivity contribution < 1.29 is 14.7 Å². The molecule has 0 saturated carbocycles. The first-order valence-corrected chi connectivity index (χ1v) is 2.47. The normalized spacial score (nSPS) is 6.90. The summed E-state index contributed by atoms with van der Waals surface area (Å²) in [6.07, 6.45) is 1.03. The van der Waals surface area contributed by atoms with Gasteiger partial charge in [0, 0.05) is 6.42 Å². The predicted molar refractivity (Wildman–Crippen MR) is 37.0 cm³/mol. The number of carboxylic acid groups (broad SMARTS) is 1. The number of primary amides is 1. The van der Waals surface area contributed by atoms with Gasteiger partial charge in [-0.25, -0.2) is 0 Å². The van der Waals surface area contributed by atoms with Crippen LogP contribution in [0.3, 0.4) is 0 Å². The van der Waals surface area contributed by atoms with Gasteiger partial charge >= 0.3 is 5.97 Å². The second-order valence-electron chi connectivity index (χ2n) is 1.25. The largest absolute Gasteiger partial charge is 0.481 e. The standard InChI is InChI=1S/C3H5NO.C3H5O2/c2*1-2-3(4)5/h2H,1H2,(H2,4,5);1-2H2,(H,4,5). The van der Waals surface area contributed by atoms with Crippen molar-refractivity contribution in [1.82, 2.24) is 0 Å². The first kappa shape index (κ1) is 11.5. The number of hydrogen-bond donors (Lipinski definition) is 2. The topological polar surface area (TPSA) is 80.4 Å². The van der Waals surface area contributed by atoms with Crippen LogP contribution in [-0.4, -0.2) is 17.0 Å². The van der Waals surface area contributed by atoms with Gasteiger partial charge in [0.15, 0.2) is 0 Å². The molecule has 0 aliphatic carbocycles. The molecular formula is C6H10NO3. The minimum Gasteiger partial charge on any atom is -0.481 e. The van der Waals surface area contributed by atoms with Crippen LogP contribution < -0.4 is 5.73 Å². The highest BCUT2D eigenvalue weighted by molar-refractivity contribution is 5.84. The number of amides is 1. The number of aliphatic carboxylic acids is 1. The van der Waals surface area contributed by atoms with E-state index in [-0.39, 0.29) is 6.42 Å². The number of carboxylic acids is 1. The van der Waals surface area contributed by atoms with E-state index in [4.69, 9.17) is 5.11 Å². The second-order valence-corrected chi connectivity index (χ2v) is 1.25. The summed E-state index contributed by atoms with van der Waals surface area (Å²) < 4.78 is 0. The van der Waals surface area contributed by atoms with Gasteiger partial charge in [-0.3, -0.25) is 9.59 Å². The van der Waals surface area contributed by atoms with E-state index >= 15 is 0 Å². The predicted octanol–water partition coefficient (Wildman–Crippen LogP) is -0.0471. The second kappa shape index (κ2) is 7.68. The van der Waals surface area contributed by atoms with Crippen molar-refractivity contribution in [2.45, 2.75) is 6.42 Å². The van der Waals surface area contributed by atoms with E-state index in [1.54, 1.807) is 0 Å². The minimum atomic E-state index is -0.856. The molecule has 4 nitrogen and oxygen atoms in total. The summed E-state index contributed by atoms with van der Waals surface area (Å²) >= 11 is 0. The maximum absolute atomic E-state index is 9.47. The van der Waals surface area contributed by atoms with Crippen molar-refractivity contribution in [3.05, 3.63) is 19.6 Å². The molecule has 1 amide bonds. The van der Waals surface area contributed by atoms with Gasteiger partial charge in [0.25, 0.3) is 0 Å². The van der Waals surface area contributed by atoms with Crippen LogP contribution in [0.15, 0.2) is 12.7 Å². The number of nitrogens with two attached hydrogens (primary N) is 1. The van der Waals surface area contributed by atoms with Crippen molar-refractivity contribution >= 4 is 11.9 Å². The van der Waals surface area contributed by atoms with Crippen LogP contribution in [0, 0.1) is 6.92 Å². The third kappa shape index (κ3) is 30.0. The molecule has 57 valence electrons. The lowest BCUT2D eigenvalue weighted by atomic mass is 10.5. The Morgan fingerprint density at radius 2 is 1.80 bits per heavy atom. The SMILES string of the molecule is C=CC(N)=O.[CH2]CC(=O)O. The van der Waals surface area contributed by atoms with E-state index in [9.17, 15) is 9.59 Å². The van der Waals surface area contributed by atoms with Gasteiger partial charge in [-0.05, 0) is 13.0 Å². The summed E-state index contributed by atoms with van der Waals surface area (Å²) in [4.78, 5) is 18.8. The first-order valence-electron chi connectivity index (χ1n) is 2.47. The van der Waals surface area contributed by atoms with Crippen molar-refractivity contribution in [1.29, 1.82) is 0 Å². The monoisotopic (exact) mass is 144 g/mol. The van der Waals surface area contributed by atoms with Crippen LogP contribution in [0.4, 0.5) is 0 Å². The van der Waals surface area contributed by atoms with Crippen LogP contribution >= 0.6 is 0 Å². The fourth-order valence-electron chi connectivity index (χ4n) is 0. The summed E-state index contributed by atoms with van der Waals surface area (Å²) in [7, 11) is 0. The summed E-state index contributed by atoms with van der Waals surface area (Å²) in [6.45, 7) is 6.17. The lowest BCUT2D eigenvalue weighted by Crippen LogP contribution is -2.04. The fourth-order valence-corrected chi connectivity index (χ4v) is 0. The number of carbonyl (C=O) groups is 2. The van der Waals surface area contributed by atoms with Gasteiger partial charge in [-0.15, -0.1) is 0 Å². The van der Waals surface area contributed by atoms with Gasteiger partial charge in [0.05, 0.1) is 0 Å². The van der Waals surface area contributed by atoms with Crippen LogP contribution in [0.5, 0.6) is 0 Å². The average Bonchev–Trinajstić information content (AvgIpc) is 1.89. The van der Waals surface area contributed by atoms with Crippen LogP contribution in [-0.2, 0) is 9.59 Å². The Morgan fingerprint density at radius 3 is 1.80 bits per heavy atom. The minimum absolute atomic E-state index is 0.0278. The van der Waals surface area contributed by atoms with Crippen molar-refractivity contribution in [2.24, 2.45) is 5.73 Å². The van der Waals surface area contributed by atoms with Gasteiger partial charge in [-0.2, -0.15) is 0 Å². The van der Waals surface area contributed by atoms with Crippen LogP contribution in [0.2, 0.25) is 0 Å². The number of rotatable bonds is 2. The Kier molecular flexibility index (Phi) is 8.81. The third-order valence-electron chi connectivity index (χ3n) is 0.415. The van der Waals surface area contributed by atoms with Crippen LogP contribution in [0.1, 0.15) is 6.42 Å². The fraction of sp³-hybridized carbons (Fsp3) is 0.167. The molecule has 1 radical (unpaired) electrons. The molecule has 0 aliphatic rings. The van der Waals surface area contributed by atoms with Crippen molar-refractivity contribution in [2.75, 3.05) is 0 Å². The lowest BCUT2D eigenvalue weighted by Gasteiger charge is -1.71. The average molecular weight is 144 g/mol. The van der Waals surface area contributed by atoms with E-state index in [0.29, 0.717) is 0 Å². The van der Waals surface area contributed by atoms with Gasteiger partial charge < -0.3 is 10.8 Å². The van der Waals surface area contributed by atoms with E-state index in [1.807, 2.05) is 0 Å². The molecule has 0 aromatic rings. The Hall–Kier alpha value is -1.32. The molecule has 0 atom stereocenters. The highest BCUT2D eigenvalue weighted by Crippen LogP contribution is 1.66. The Morgan fingerprint density at radius 1 is 1.60 bits per heavy atom. The third-order valence-corrected chi connectivity index (χ3v) is 0.415. The molecule has 0 aliphatic heterocycles. The molecule has 0 aromatic heterocycles. The summed E-state index contributed by atoms with van der Waals surface area (Å²) in [6, 6.07) is 0. The van der Waals surface area contributed by atoms with Crippen LogP contribution in [0.25, 0.3) is 0 Å². The molecule has 0 spiro atoms. The zero-order valence-electron chi connectivity index (χ0n) is 5.54. The molecule has 0 saturated heterocycles. The molecular weight excluding hydrogens is 134 g/mol. The smallest absolute Gasteiger partial charge is 0.303 e. The summed E-state index contributed by atoms with van der Waals surface area (Å²) in [5, 5.41) is 7.66. The van der Waals surface area contributed by atoms with E-state index < -0.39 is 11.9 Å². The zero-order chi connectivity index (χ0) is 8.57. The molecule has 10 heavy (non-hydrogen) atoms. The van der Waals surface area contributed by atoms with Gasteiger partial charge in [0.2, 0.25) is 5.91 Å². The van der Waals surface area contributed by atoms with Crippen molar-refractivity contribution in [3.8, 4) is 0 Å². The Labute approximate surface area is 59.3 Å².